The van der Waals surface area contributed by atoms with Gasteiger partial charge >= 0.3 is 0 Å². The van der Waals surface area contributed by atoms with Crippen molar-refractivity contribution in [2.45, 2.75) is 32.0 Å². The SMILES string of the molecule is CC1CN(C)C(CCO)CN1Cc1ccccn1. The van der Waals surface area contributed by atoms with Crippen molar-refractivity contribution in [2.24, 2.45) is 0 Å². The summed E-state index contributed by atoms with van der Waals surface area (Å²) in [5, 5.41) is 9.12. The first kappa shape index (κ1) is 13.5. The lowest BCUT2D eigenvalue weighted by atomic mass is 10.1. The van der Waals surface area contributed by atoms with Crippen molar-refractivity contribution in [1.29, 1.82) is 0 Å². The van der Waals surface area contributed by atoms with Gasteiger partial charge < -0.3 is 10.0 Å². The molecule has 0 radical (unpaired) electrons. The van der Waals surface area contributed by atoms with E-state index in [2.05, 4.69) is 34.8 Å². The van der Waals surface area contributed by atoms with Crippen LogP contribution in [0.5, 0.6) is 0 Å². The standard InChI is InChI=1S/C14H23N3O/c1-12-9-16(2)14(6-8-18)11-17(12)10-13-5-3-4-7-15-13/h3-5,7,12,14,18H,6,8-11H2,1-2H3. The van der Waals surface area contributed by atoms with Gasteiger partial charge in [-0.25, -0.2) is 0 Å². The summed E-state index contributed by atoms with van der Waals surface area (Å²) < 4.78 is 0. The molecule has 0 saturated carbocycles. The second-order valence-corrected chi connectivity index (χ2v) is 5.21. The maximum absolute atomic E-state index is 9.12. The van der Waals surface area contributed by atoms with Gasteiger partial charge in [0.1, 0.15) is 0 Å². The normalized spacial score (nSPS) is 26.4. The average Bonchev–Trinajstić information content (AvgIpc) is 2.37. The van der Waals surface area contributed by atoms with Crippen LogP contribution in [0.3, 0.4) is 0 Å². The zero-order chi connectivity index (χ0) is 13.0. The quantitative estimate of drug-likeness (QED) is 0.863. The molecule has 100 valence electrons. The predicted molar refractivity (Wildman–Crippen MR) is 72.2 cm³/mol. The lowest BCUT2D eigenvalue weighted by Crippen LogP contribution is -2.55. The fourth-order valence-corrected chi connectivity index (χ4v) is 2.65. The van der Waals surface area contributed by atoms with Crippen LogP contribution in [0.15, 0.2) is 24.4 Å². The van der Waals surface area contributed by atoms with Crippen molar-refractivity contribution < 1.29 is 5.11 Å². The number of pyridine rings is 1. The molecule has 2 rings (SSSR count). The summed E-state index contributed by atoms with van der Waals surface area (Å²) in [7, 11) is 2.15. The molecule has 0 spiro atoms. The highest BCUT2D eigenvalue weighted by atomic mass is 16.3. The molecule has 1 N–H and O–H groups in total. The molecule has 2 heterocycles. The Bertz CT molecular complexity index is 357. The molecule has 1 aromatic heterocycles. The minimum atomic E-state index is 0.265. The summed E-state index contributed by atoms with van der Waals surface area (Å²) in [6, 6.07) is 7.05. The highest BCUT2D eigenvalue weighted by Gasteiger charge is 2.28. The Morgan fingerprint density at radius 3 is 2.89 bits per heavy atom. The fraction of sp³-hybridized carbons (Fsp3) is 0.643. The summed E-state index contributed by atoms with van der Waals surface area (Å²) >= 11 is 0. The number of hydrogen-bond donors (Lipinski definition) is 1. The van der Waals surface area contributed by atoms with Crippen LogP contribution in [0.2, 0.25) is 0 Å². The van der Waals surface area contributed by atoms with Crippen molar-refractivity contribution in [2.75, 3.05) is 26.7 Å². The van der Waals surface area contributed by atoms with E-state index in [0.717, 1.165) is 31.7 Å². The molecule has 2 unspecified atom stereocenters. The number of aromatic nitrogens is 1. The Hall–Kier alpha value is -0.970. The third-order valence-corrected chi connectivity index (χ3v) is 3.80. The molecule has 0 bridgehead atoms. The van der Waals surface area contributed by atoms with E-state index >= 15 is 0 Å². The molecule has 2 atom stereocenters. The topological polar surface area (TPSA) is 39.6 Å². The third-order valence-electron chi connectivity index (χ3n) is 3.80. The molecule has 1 aliphatic rings. The van der Waals surface area contributed by atoms with Crippen LogP contribution in [-0.2, 0) is 6.54 Å². The zero-order valence-electron chi connectivity index (χ0n) is 11.3. The zero-order valence-corrected chi connectivity index (χ0v) is 11.3. The number of likely N-dealkylation sites (N-methyl/N-ethyl adjacent to an activating group) is 1. The average molecular weight is 249 g/mol. The van der Waals surface area contributed by atoms with E-state index in [0.29, 0.717) is 12.1 Å². The van der Waals surface area contributed by atoms with Gasteiger partial charge in [0.15, 0.2) is 0 Å². The molecule has 0 amide bonds. The van der Waals surface area contributed by atoms with E-state index in [1.54, 1.807) is 0 Å². The molecule has 0 aliphatic carbocycles. The van der Waals surface area contributed by atoms with E-state index in [9.17, 15) is 0 Å². The molecule has 1 aromatic rings. The van der Waals surface area contributed by atoms with Crippen LogP contribution < -0.4 is 0 Å². The number of aliphatic hydroxyl groups excluding tert-OH is 1. The predicted octanol–water partition coefficient (Wildman–Crippen LogP) is 0.968. The minimum absolute atomic E-state index is 0.265. The molecular weight excluding hydrogens is 226 g/mol. The number of aliphatic hydroxyl groups is 1. The number of nitrogens with zero attached hydrogens (tertiary/aromatic N) is 3. The Kier molecular flexibility index (Phi) is 4.69. The molecule has 0 aromatic carbocycles. The summed E-state index contributed by atoms with van der Waals surface area (Å²) in [6.07, 6.45) is 2.70. The Labute approximate surface area is 109 Å². The van der Waals surface area contributed by atoms with Crippen LogP contribution >= 0.6 is 0 Å². The molecular formula is C14H23N3O. The maximum Gasteiger partial charge on any atom is 0.0544 e. The highest BCUT2D eigenvalue weighted by molar-refractivity contribution is 5.04. The van der Waals surface area contributed by atoms with Crippen molar-refractivity contribution in [3.63, 3.8) is 0 Å². The Morgan fingerprint density at radius 2 is 2.22 bits per heavy atom. The number of piperazine rings is 1. The summed E-state index contributed by atoms with van der Waals surface area (Å²) in [4.78, 5) is 9.21. The molecule has 4 nitrogen and oxygen atoms in total. The second kappa shape index (κ2) is 6.27. The van der Waals surface area contributed by atoms with Gasteiger partial charge in [0.05, 0.1) is 5.69 Å². The van der Waals surface area contributed by atoms with Crippen LogP contribution in [0.1, 0.15) is 19.0 Å². The van der Waals surface area contributed by atoms with Crippen LogP contribution in [0.4, 0.5) is 0 Å². The van der Waals surface area contributed by atoms with E-state index in [4.69, 9.17) is 5.11 Å². The monoisotopic (exact) mass is 249 g/mol. The van der Waals surface area contributed by atoms with Crippen molar-refractivity contribution in [1.82, 2.24) is 14.8 Å². The summed E-state index contributed by atoms with van der Waals surface area (Å²) in [6.45, 7) is 5.49. The molecule has 1 fully saturated rings. The largest absolute Gasteiger partial charge is 0.396 e. The van der Waals surface area contributed by atoms with E-state index in [1.165, 1.54) is 0 Å². The van der Waals surface area contributed by atoms with E-state index < -0.39 is 0 Å². The first-order valence-electron chi connectivity index (χ1n) is 6.65. The molecule has 1 saturated heterocycles. The molecule has 4 heteroatoms. The van der Waals surface area contributed by atoms with Gasteiger partial charge in [-0.3, -0.25) is 9.88 Å². The number of rotatable bonds is 4. The van der Waals surface area contributed by atoms with Gasteiger partial charge in [0, 0.05) is 44.5 Å². The minimum Gasteiger partial charge on any atom is -0.396 e. The van der Waals surface area contributed by atoms with Crippen LogP contribution in [0, 0.1) is 0 Å². The van der Waals surface area contributed by atoms with E-state index in [1.807, 2.05) is 18.3 Å². The number of hydrogen-bond acceptors (Lipinski definition) is 4. The van der Waals surface area contributed by atoms with Crippen molar-refractivity contribution in [3.05, 3.63) is 30.1 Å². The van der Waals surface area contributed by atoms with E-state index in [-0.39, 0.29) is 6.61 Å². The van der Waals surface area contributed by atoms with Gasteiger partial charge in [0.2, 0.25) is 0 Å². The van der Waals surface area contributed by atoms with Crippen molar-refractivity contribution >= 4 is 0 Å². The highest BCUT2D eigenvalue weighted by Crippen LogP contribution is 2.17. The van der Waals surface area contributed by atoms with Gasteiger partial charge in [-0.2, -0.15) is 0 Å². The van der Waals surface area contributed by atoms with Gasteiger partial charge in [-0.15, -0.1) is 0 Å². The summed E-state index contributed by atoms with van der Waals surface area (Å²) in [5.74, 6) is 0. The second-order valence-electron chi connectivity index (χ2n) is 5.21. The Morgan fingerprint density at radius 1 is 1.39 bits per heavy atom. The van der Waals surface area contributed by atoms with Gasteiger partial charge in [-0.05, 0) is 32.5 Å². The molecule has 18 heavy (non-hydrogen) atoms. The lowest BCUT2D eigenvalue weighted by molar-refractivity contribution is 0.0352. The fourth-order valence-electron chi connectivity index (χ4n) is 2.65. The van der Waals surface area contributed by atoms with Crippen LogP contribution in [0.25, 0.3) is 0 Å². The first-order chi connectivity index (χ1) is 8.70. The third kappa shape index (κ3) is 3.28. The van der Waals surface area contributed by atoms with Crippen LogP contribution in [-0.4, -0.2) is 58.7 Å². The lowest BCUT2D eigenvalue weighted by Gasteiger charge is -2.43. The summed E-state index contributed by atoms with van der Waals surface area (Å²) in [5.41, 5.74) is 1.12. The van der Waals surface area contributed by atoms with Crippen molar-refractivity contribution in [3.8, 4) is 0 Å². The maximum atomic E-state index is 9.12. The molecule has 1 aliphatic heterocycles. The Balaban J connectivity index is 1.99. The first-order valence-corrected chi connectivity index (χ1v) is 6.65. The van der Waals surface area contributed by atoms with Gasteiger partial charge in [0.25, 0.3) is 0 Å². The van der Waals surface area contributed by atoms with Gasteiger partial charge in [-0.1, -0.05) is 6.07 Å². The smallest absolute Gasteiger partial charge is 0.0544 e.